The maximum Gasteiger partial charge on any atom is 0.165 e. The van der Waals surface area contributed by atoms with Crippen molar-refractivity contribution in [2.75, 3.05) is 0 Å². The van der Waals surface area contributed by atoms with Gasteiger partial charge in [0.2, 0.25) is 0 Å². The van der Waals surface area contributed by atoms with Crippen molar-refractivity contribution in [1.29, 1.82) is 0 Å². The standard InChI is InChI=1S/C14H12FNOS/c1-9-8-10(14(16)18)6-7-12(9)17-13-5-3-2-4-11(13)15/h2-8H,1H3,(H2,16,18). The van der Waals surface area contributed by atoms with Crippen LogP contribution < -0.4 is 10.5 Å². The van der Waals surface area contributed by atoms with Crippen LogP contribution in [0.5, 0.6) is 11.5 Å². The van der Waals surface area contributed by atoms with Gasteiger partial charge in [0.15, 0.2) is 11.6 Å². The van der Waals surface area contributed by atoms with Gasteiger partial charge in [0.25, 0.3) is 0 Å². The third-order valence-corrected chi connectivity index (χ3v) is 2.75. The Morgan fingerprint density at radius 2 is 1.89 bits per heavy atom. The molecule has 2 aromatic rings. The van der Waals surface area contributed by atoms with E-state index in [2.05, 4.69) is 0 Å². The summed E-state index contributed by atoms with van der Waals surface area (Å²) in [5.74, 6) is 0.388. The van der Waals surface area contributed by atoms with Gasteiger partial charge in [-0.1, -0.05) is 24.4 Å². The van der Waals surface area contributed by atoms with Crippen molar-refractivity contribution in [2.45, 2.75) is 6.92 Å². The lowest BCUT2D eigenvalue weighted by Crippen LogP contribution is -2.09. The summed E-state index contributed by atoms with van der Waals surface area (Å²) in [4.78, 5) is 0.329. The predicted molar refractivity (Wildman–Crippen MR) is 73.5 cm³/mol. The molecule has 0 unspecified atom stereocenters. The Balaban J connectivity index is 2.30. The zero-order valence-electron chi connectivity index (χ0n) is 9.81. The second-order valence-electron chi connectivity index (χ2n) is 3.88. The summed E-state index contributed by atoms with van der Waals surface area (Å²) >= 11 is 4.89. The SMILES string of the molecule is Cc1cc(C(N)=S)ccc1Oc1ccccc1F. The van der Waals surface area contributed by atoms with Crippen molar-refractivity contribution in [3.05, 3.63) is 59.4 Å². The van der Waals surface area contributed by atoms with Gasteiger partial charge in [-0.05, 0) is 42.8 Å². The van der Waals surface area contributed by atoms with Crippen LogP contribution in [-0.4, -0.2) is 4.99 Å². The van der Waals surface area contributed by atoms with Crippen LogP contribution in [0, 0.1) is 12.7 Å². The molecule has 0 radical (unpaired) electrons. The van der Waals surface area contributed by atoms with Gasteiger partial charge in [-0.25, -0.2) is 4.39 Å². The lowest BCUT2D eigenvalue weighted by molar-refractivity contribution is 0.439. The van der Waals surface area contributed by atoms with E-state index in [0.717, 1.165) is 11.1 Å². The summed E-state index contributed by atoms with van der Waals surface area (Å²) in [6.07, 6.45) is 0. The Kier molecular flexibility index (Phi) is 3.58. The van der Waals surface area contributed by atoms with Gasteiger partial charge in [0.1, 0.15) is 10.7 Å². The van der Waals surface area contributed by atoms with Gasteiger partial charge in [0.05, 0.1) is 0 Å². The first-order valence-electron chi connectivity index (χ1n) is 5.41. The summed E-state index contributed by atoms with van der Waals surface area (Å²) < 4.78 is 19.0. The smallest absolute Gasteiger partial charge is 0.165 e. The Hall–Kier alpha value is -1.94. The van der Waals surface area contributed by atoms with E-state index in [1.54, 1.807) is 30.3 Å². The normalized spacial score (nSPS) is 10.1. The van der Waals surface area contributed by atoms with Gasteiger partial charge < -0.3 is 10.5 Å². The molecule has 0 aliphatic carbocycles. The number of hydrogen-bond acceptors (Lipinski definition) is 2. The lowest BCUT2D eigenvalue weighted by atomic mass is 10.1. The van der Waals surface area contributed by atoms with Crippen LogP contribution in [0.25, 0.3) is 0 Å². The van der Waals surface area contributed by atoms with Crippen molar-refractivity contribution >= 4 is 17.2 Å². The van der Waals surface area contributed by atoms with Crippen LogP contribution in [0.3, 0.4) is 0 Å². The average molecular weight is 261 g/mol. The summed E-state index contributed by atoms with van der Waals surface area (Å²) in [6.45, 7) is 1.86. The highest BCUT2D eigenvalue weighted by atomic mass is 32.1. The molecule has 0 saturated heterocycles. The van der Waals surface area contributed by atoms with E-state index in [-0.39, 0.29) is 5.75 Å². The van der Waals surface area contributed by atoms with Crippen LogP contribution >= 0.6 is 12.2 Å². The van der Waals surface area contributed by atoms with Crippen LogP contribution in [0.2, 0.25) is 0 Å². The number of para-hydroxylation sites is 1. The van der Waals surface area contributed by atoms with E-state index in [1.165, 1.54) is 6.07 Å². The highest BCUT2D eigenvalue weighted by Crippen LogP contribution is 2.27. The van der Waals surface area contributed by atoms with Crippen molar-refractivity contribution in [1.82, 2.24) is 0 Å². The van der Waals surface area contributed by atoms with Crippen LogP contribution in [0.15, 0.2) is 42.5 Å². The molecule has 0 aliphatic rings. The molecule has 0 spiro atoms. The molecule has 2 rings (SSSR count). The van der Waals surface area contributed by atoms with Crippen LogP contribution in [0.4, 0.5) is 4.39 Å². The first kappa shape index (κ1) is 12.5. The Bertz CT molecular complexity index is 598. The van der Waals surface area contributed by atoms with Crippen molar-refractivity contribution < 1.29 is 9.13 Å². The molecular weight excluding hydrogens is 249 g/mol. The highest BCUT2D eigenvalue weighted by Gasteiger charge is 2.07. The third-order valence-electron chi connectivity index (χ3n) is 2.52. The molecule has 4 heteroatoms. The quantitative estimate of drug-likeness (QED) is 0.858. The number of hydrogen-bond donors (Lipinski definition) is 1. The topological polar surface area (TPSA) is 35.2 Å². The number of benzene rings is 2. The van der Waals surface area contributed by atoms with E-state index >= 15 is 0 Å². The van der Waals surface area contributed by atoms with E-state index in [9.17, 15) is 4.39 Å². The molecule has 2 nitrogen and oxygen atoms in total. The van der Waals surface area contributed by atoms with Crippen LogP contribution in [-0.2, 0) is 0 Å². The number of halogens is 1. The fraction of sp³-hybridized carbons (Fsp3) is 0.0714. The zero-order valence-corrected chi connectivity index (χ0v) is 10.6. The second kappa shape index (κ2) is 5.14. The molecule has 0 heterocycles. The Labute approximate surface area is 110 Å². The number of aryl methyl sites for hydroxylation is 1. The summed E-state index contributed by atoms with van der Waals surface area (Å²) in [5, 5.41) is 0. The van der Waals surface area contributed by atoms with E-state index in [1.807, 2.05) is 13.0 Å². The van der Waals surface area contributed by atoms with E-state index in [0.29, 0.717) is 10.7 Å². The van der Waals surface area contributed by atoms with E-state index in [4.69, 9.17) is 22.7 Å². The molecule has 0 aromatic heterocycles. The minimum Gasteiger partial charge on any atom is -0.454 e. The molecule has 18 heavy (non-hydrogen) atoms. The maximum absolute atomic E-state index is 13.4. The molecular formula is C14H12FNOS. The fourth-order valence-corrected chi connectivity index (χ4v) is 1.69. The minimum atomic E-state index is -0.393. The summed E-state index contributed by atoms with van der Waals surface area (Å²) in [7, 11) is 0. The van der Waals surface area contributed by atoms with Crippen molar-refractivity contribution in [3.63, 3.8) is 0 Å². The Morgan fingerprint density at radius 1 is 1.17 bits per heavy atom. The first-order valence-corrected chi connectivity index (χ1v) is 5.81. The van der Waals surface area contributed by atoms with Gasteiger partial charge in [0, 0.05) is 5.56 Å². The molecule has 0 amide bonds. The molecule has 0 bridgehead atoms. The summed E-state index contributed by atoms with van der Waals surface area (Å²) in [6, 6.07) is 11.6. The predicted octanol–water partition coefficient (Wildman–Crippen LogP) is 3.56. The molecule has 0 saturated carbocycles. The van der Waals surface area contributed by atoms with Crippen molar-refractivity contribution in [3.8, 4) is 11.5 Å². The average Bonchev–Trinajstić information content (AvgIpc) is 2.34. The van der Waals surface area contributed by atoms with Gasteiger partial charge in [-0.15, -0.1) is 0 Å². The molecule has 0 fully saturated rings. The molecule has 92 valence electrons. The van der Waals surface area contributed by atoms with Crippen LogP contribution in [0.1, 0.15) is 11.1 Å². The number of nitrogens with two attached hydrogens (primary N) is 1. The number of rotatable bonds is 3. The zero-order chi connectivity index (χ0) is 13.1. The maximum atomic E-state index is 13.4. The lowest BCUT2D eigenvalue weighted by Gasteiger charge is -2.10. The molecule has 0 atom stereocenters. The first-order chi connectivity index (χ1) is 8.58. The van der Waals surface area contributed by atoms with Gasteiger partial charge >= 0.3 is 0 Å². The van der Waals surface area contributed by atoms with E-state index < -0.39 is 5.82 Å². The van der Waals surface area contributed by atoms with Crippen molar-refractivity contribution in [2.24, 2.45) is 5.73 Å². The number of ether oxygens (including phenoxy) is 1. The minimum absolute atomic E-state index is 0.198. The third kappa shape index (κ3) is 2.65. The Morgan fingerprint density at radius 3 is 2.50 bits per heavy atom. The monoisotopic (exact) mass is 261 g/mol. The fourth-order valence-electron chi connectivity index (χ4n) is 1.56. The second-order valence-corrected chi connectivity index (χ2v) is 4.32. The summed E-state index contributed by atoms with van der Waals surface area (Å²) in [5.41, 5.74) is 7.16. The molecule has 0 aliphatic heterocycles. The van der Waals surface area contributed by atoms with Gasteiger partial charge in [-0.2, -0.15) is 0 Å². The van der Waals surface area contributed by atoms with Gasteiger partial charge in [-0.3, -0.25) is 0 Å². The largest absolute Gasteiger partial charge is 0.454 e. The molecule has 2 aromatic carbocycles. The molecule has 2 N–H and O–H groups in total. The highest BCUT2D eigenvalue weighted by molar-refractivity contribution is 7.80. The number of thiocarbonyl (C=S) groups is 1.